The van der Waals surface area contributed by atoms with Gasteiger partial charge in [0.25, 0.3) is 0 Å². The predicted molar refractivity (Wildman–Crippen MR) is 123 cm³/mol. The molecule has 0 fully saturated rings. The molecular weight excluding hydrogens is 439 g/mol. The zero-order valence-corrected chi connectivity index (χ0v) is 18.3. The topological polar surface area (TPSA) is 34.9 Å². The summed E-state index contributed by atoms with van der Waals surface area (Å²) in [7, 11) is 0. The lowest BCUT2D eigenvalue weighted by molar-refractivity contribution is 0.0987. The molecule has 0 radical (unpaired) electrons. The van der Waals surface area contributed by atoms with Crippen LogP contribution in [0.15, 0.2) is 72.8 Å². The molecule has 1 aromatic heterocycles. The van der Waals surface area contributed by atoms with Crippen molar-refractivity contribution < 1.29 is 4.79 Å². The second kappa shape index (κ2) is 8.65. The average Bonchev–Trinajstić information content (AvgIpc) is 3.06. The van der Waals surface area contributed by atoms with Crippen molar-refractivity contribution in [1.29, 1.82) is 0 Å². The molecule has 1 heterocycles. The highest BCUT2D eigenvalue weighted by Gasteiger charge is 2.23. The molecule has 0 atom stereocenters. The molecule has 0 bridgehead atoms. The highest BCUT2D eigenvalue weighted by Crippen LogP contribution is 2.33. The molecule has 0 saturated heterocycles. The van der Waals surface area contributed by atoms with Crippen LogP contribution in [-0.4, -0.2) is 15.6 Å². The minimum absolute atomic E-state index is 0.0576. The van der Waals surface area contributed by atoms with Gasteiger partial charge in [-0.1, -0.05) is 77.3 Å². The summed E-state index contributed by atoms with van der Waals surface area (Å²) in [5, 5.41) is 6.28. The number of carbonyl (C=O) groups is 1. The smallest absolute Gasteiger partial charge is 0.187 e. The van der Waals surface area contributed by atoms with Crippen LogP contribution < -0.4 is 0 Å². The number of Topliss-reactive ketones (excluding diaryl/α,β-unsaturated/α-hetero) is 1. The zero-order chi connectivity index (χ0) is 21.3. The van der Waals surface area contributed by atoms with Crippen LogP contribution >= 0.6 is 34.8 Å². The summed E-state index contributed by atoms with van der Waals surface area (Å²) in [6, 6.07) is 22.2. The Morgan fingerprint density at radius 1 is 0.900 bits per heavy atom. The van der Waals surface area contributed by atoms with Crippen LogP contribution in [0.4, 0.5) is 0 Å². The van der Waals surface area contributed by atoms with Crippen molar-refractivity contribution in [1.82, 2.24) is 9.78 Å². The van der Waals surface area contributed by atoms with Gasteiger partial charge in [0, 0.05) is 27.6 Å². The first kappa shape index (κ1) is 20.7. The van der Waals surface area contributed by atoms with Crippen molar-refractivity contribution in [2.24, 2.45) is 0 Å². The molecule has 4 aromatic rings. The normalized spacial score (nSPS) is 10.9. The summed E-state index contributed by atoms with van der Waals surface area (Å²) >= 11 is 18.6. The van der Waals surface area contributed by atoms with Crippen LogP contribution in [0.2, 0.25) is 15.1 Å². The van der Waals surface area contributed by atoms with Gasteiger partial charge in [-0.05, 0) is 42.8 Å². The number of rotatable bonds is 5. The SMILES string of the molecule is Cc1c(C(=O)Cc2ccccc2)nn(-c2ccc(Cl)cc2Cl)c1-c1ccc(Cl)cc1. The standard InChI is InChI=1S/C24H17Cl3N2O/c1-15-23(22(30)13-16-5-3-2-4-6-16)28-29(21-12-11-19(26)14-20(21)27)24(15)17-7-9-18(25)10-8-17/h2-12,14H,13H2,1H3. The van der Waals surface area contributed by atoms with Crippen LogP contribution in [-0.2, 0) is 6.42 Å². The summed E-state index contributed by atoms with van der Waals surface area (Å²) in [5.41, 5.74) is 4.45. The first-order valence-corrected chi connectivity index (χ1v) is 10.5. The number of benzene rings is 3. The number of hydrogen-bond donors (Lipinski definition) is 0. The molecule has 0 aliphatic rings. The number of halogens is 3. The molecule has 0 N–H and O–H groups in total. The fraction of sp³-hybridized carbons (Fsp3) is 0.0833. The second-order valence-corrected chi connectivity index (χ2v) is 8.20. The van der Waals surface area contributed by atoms with Gasteiger partial charge in [0.15, 0.2) is 5.78 Å². The maximum Gasteiger partial charge on any atom is 0.187 e. The Balaban J connectivity index is 1.86. The minimum atomic E-state index is -0.0576. The van der Waals surface area contributed by atoms with Crippen LogP contribution in [0.5, 0.6) is 0 Å². The van der Waals surface area contributed by atoms with E-state index in [2.05, 4.69) is 5.10 Å². The average molecular weight is 456 g/mol. The van der Waals surface area contributed by atoms with Crippen LogP contribution in [0.1, 0.15) is 21.6 Å². The number of hydrogen-bond acceptors (Lipinski definition) is 2. The van der Waals surface area contributed by atoms with Crippen molar-refractivity contribution in [3.05, 3.63) is 105 Å². The molecule has 0 saturated carbocycles. The Labute approximate surface area is 189 Å². The third-order valence-electron chi connectivity index (χ3n) is 4.85. The van der Waals surface area contributed by atoms with Gasteiger partial charge in [-0.2, -0.15) is 5.10 Å². The Bertz CT molecular complexity index is 1220. The van der Waals surface area contributed by atoms with Gasteiger partial charge in [-0.25, -0.2) is 4.68 Å². The summed E-state index contributed by atoms with van der Waals surface area (Å²) in [6.07, 6.45) is 0.271. The van der Waals surface area contributed by atoms with E-state index < -0.39 is 0 Å². The number of ketones is 1. The van der Waals surface area contributed by atoms with Crippen molar-refractivity contribution in [2.45, 2.75) is 13.3 Å². The Morgan fingerprint density at radius 3 is 2.23 bits per heavy atom. The summed E-state index contributed by atoms with van der Waals surface area (Å²) < 4.78 is 1.70. The molecule has 3 nitrogen and oxygen atoms in total. The van der Waals surface area contributed by atoms with E-state index in [9.17, 15) is 4.79 Å². The van der Waals surface area contributed by atoms with E-state index >= 15 is 0 Å². The van der Waals surface area contributed by atoms with Gasteiger partial charge in [0.2, 0.25) is 0 Å². The highest BCUT2D eigenvalue weighted by atomic mass is 35.5. The van der Waals surface area contributed by atoms with E-state index in [4.69, 9.17) is 34.8 Å². The van der Waals surface area contributed by atoms with Crippen molar-refractivity contribution in [2.75, 3.05) is 0 Å². The molecule has 4 rings (SSSR count). The Morgan fingerprint density at radius 2 is 1.57 bits per heavy atom. The van der Waals surface area contributed by atoms with Crippen molar-refractivity contribution >= 4 is 40.6 Å². The third-order valence-corrected chi connectivity index (χ3v) is 5.64. The first-order valence-electron chi connectivity index (χ1n) is 9.32. The molecule has 0 unspecified atom stereocenters. The van der Waals surface area contributed by atoms with Crippen LogP contribution in [0.3, 0.4) is 0 Å². The maximum absolute atomic E-state index is 13.1. The molecule has 6 heteroatoms. The minimum Gasteiger partial charge on any atom is -0.292 e. The van der Waals surface area contributed by atoms with Crippen molar-refractivity contribution in [3.8, 4) is 16.9 Å². The van der Waals surface area contributed by atoms with Gasteiger partial charge < -0.3 is 0 Å². The number of carbonyl (C=O) groups excluding carboxylic acids is 1. The Hall–Kier alpha value is -2.59. The van der Waals surface area contributed by atoms with E-state index in [1.54, 1.807) is 22.9 Å². The lowest BCUT2D eigenvalue weighted by Crippen LogP contribution is -2.07. The maximum atomic E-state index is 13.1. The van der Waals surface area contributed by atoms with E-state index in [0.717, 1.165) is 22.4 Å². The van der Waals surface area contributed by atoms with Gasteiger partial charge in [-0.15, -0.1) is 0 Å². The molecule has 0 spiro atoms. The van der Waals surface area contributed by atoms with Crippen LogP contribution in [0, 0.1) is 6.92 Å². The molecule has 0 aliphatic carbocycles. The first-order chi connectivity index (χ1) is 14.4. The van der Waals surface area contributed by atoms with Gasteiger partial charge in [0.05, 0.1) is 16.4 Å². The highest BCUT2D eigenvalue weighted by molar-refractivity contribution is 6.35. The van der Waals surface area contributed by atoms with Crippen molar-refractivity contribution in [3.63, 3.8) is 0 Å². The molecular formula is C24H17Cl3N2O. The monoisotopic (exact) mass is 454 g/mol. The van der Waals surface area contributed by atoms with E-state index in [0.29, 0.717) is 26.4 Å². The predicted octanol–water partition coefficient (Wildman–Crippen LogP) is 7.23. The van der Waals surface area contributed by atoms with Crippen LogP contribution in [0.25, 0.3) is 16.9 Å². The largest absolute Gasteiger partial charge is 0.292 e. The molecule has 0 amide bonds. The summed E-state index contributed by atoms with van der Waals surface area (Å²) in [5.74, 6) is -0.0576. The molecule has 150 valence electrons. The fourth-order valence-electron chi connectivity index (χ4n) is 3.40. The van der Waals surface area contributed by atoms with Gasteiger partial charge >= 0.3 is 0 Å². The van der Waals surface area contributed by atoms with E-state index in [1.165, 1.54) is 0 Å². The lowest BCUT2D eigenvalue weighted by atomic mass is 10.0. The summed E-state index contributed by atoms with van der Waals surface area (Å²) in [6.45, 7) is 1.90. The quantitative estimate of drug-likeness (QED) is 0.297. The van der Waals surface area contributed by atoms with E-state index in [-0.39, 0.29) is 12.2 Å². The lowest BCUT2D eigenvalue weighted by Gasteiger charge is -2.11. The molecule has 30 heavy (non-hydrogen) atoms. The fourth-order valence-corrected chi connectivity index (χ4v) is 4.01. The number of nitrogens with zero attached hydrogens (tertiary/aromatic N) is 2. The van der Waals surface area contributed by atoms with Gasteiger partial charge in [-0.3, -0.25) is 4.79 Å². The van der Waals surface area contributed by atoms with Gasteiger partial charge in [0.1, 0.15) is 5.69 Å². The summed E-state index contributed by atoms with van der Waals surface area (Å²) in [4.78, 5) is 13.1. The third kappa shape index (κ3) is 4.15. The number of aromatic nitrogens is 2. The zero-order valence-electron chi connectivity index (χ0n) is 16.1. The van der Waals surface area contributed by atoms with E-state index in [1.807, 2.05) is 61.5 Å². The molecule has 0 aliphatic heterocycles. The Kier molecular flexibility index (Phi) is 5.96. The molecule has 3 aromatic carbocycles. The second-order valence-electron chi connectivity index (χ2n) is 6.92.